The van der Waals surface area contributed by atoms with Gasteiger partial charge in [0.2, 0.25) is 16.3 Å². The first-order chi connectivity index (χ1) is 14.2. The Bertz CT molecular complexity index is 1020. The molecule has 0 radical (unpaired) electrons. The van der Waals surface area contributed by atoms with Crippen LogP contribution < -0.4 is 14.5 Å². The summed E-state index contributed by atoms with van der Waals surface area (Å²) in [6, 6.07) is 1.12. The van der Waals surface area contributed by atoms with Gasteiger partial charge in [0.15, 0.2) is 0 Å². The Balaban J connectivity index is 1.82. The predicted octanol–water partition coefficient (Wildman–Crippen LogP) is 2.69. The quantitative estimate of drug-likeness (QED) is 0.563. The van der Waals surface area contributed by atoms with Gasteiger partial charge in [0.1, 0.15) is 10.8 Å². The molecule has 1 aliphatic heterocycles. The van der Waals surface area contributed by atoms with Crippen LogP contribution in [0.25, 0.3) is 0 Å². The van der Waals surface area contributed by atoms with Crippen LogP contribution in [0.3, 0.4) is 0 Å². The molecule has 1 N–H and O–H groups in total. The van der Waals surface area contributed by atoms with Crippen molar-refractivity contribution in [2.45, 2.75) is 32.7 Å². The molecule has 2 aromatic heterocycles. The number of hydrogen-bond acceptors (Lipinski definition) is 9. The summed E-state index contributed by atoms with van der Waals surface area (Å²) in [6.45, 7) is -1.92. The third-order valence-electron chi connectivity index (χ3n) is 3.74. The van der Waals surface area contributed by atoms with Crippen molar-refractivity contribution in [2.24, 2.45) is 5.10 Å². The van der Waals surface area contributed by atoms with Crippen LogP contribution in [-0.2, 0) is 21.3 Å². The molecule has 15 heteroatoms. The van der Waals surface area contributed by atoms with E-state index in [-0.39, 0.29) is 23.7 Å². The summed E-state index contributed by atoms with van der Waals surface area (Å²) >= 11 is 1.01. The van der Waals surface area contributed by atoms with Crippen molar-refractivity contribution in [3.8, 4) is 5.75 Å². The molecule has 0 amide bonds. The monoisotopic (exact) mass is 469 g/mol. The summed E-state index contributed by atoms with van der Waals surface area (Å²) in [5.41, 5.74) is 2.40. The lowest BCUT2D eigenvalue weighted by molar-refractivity contribution is -0.0500. The molecule has 9 nitrogen and oxygen atoms in total. The number of pyridine rings is 1. The molecule has 0 spiro atoms. The van der Waals surface area contributed by atoms with E-state index in [0.29, 0.717) is 9.88 Å². The highest BCUT2D eigenvalue weighted by Crippen LogP contribution is 2.30. The molecule has 2 aromatic rings. The van der Waals surface area contributed by atoms with Crippen molar-refractivity contribution in [1.29, 1.82) is 0 Å². The van der Waals surface area contributed by atoms with Gasteiger partial charge in [-0.05, 0) is 6.92 Å². The van der Waals surface area contributed by atoms with Crippen molar-refractivity contribution in [1.82, 2.24) is 15.4 Å². The molecular weight excluding hydrogens is 454 g/mol. The zero-order chi connectivity index (χ0) is 21.9. The number of alkyl halides is 4. The average Bonchev–Trinajstić information content (AvgIpc) is 3.35. The summed E-state index contributed by atoms with van der Waals surface area (Å²) in [5, 5.41) is 3.68. The van der Waals surface area contributed by atoms with Gasteiger partial charge in [0.25, 0.3) is 5.90 Å². The molecule has 1 unspecified atom stereocenters. The first kappa shape index (κ1) is 22.0. The molecule has 1 atom stereocenters. The number of thiazole rings is 1. The van der Waals surface area contributed by atoms with Gasteiger partial charge in [-0.1, -0.05) is 0 Å². The molecule has 3 rings (SSSR count). The van der Waals surface area contributed by atoms with Gasteiger partial charge in [-0.2, -0.15) is 17.6 Å². The van der Waals surface area contributed by atoms with Gasteiger partial charge in [0.05, 0.1) is 35.3 Å². The number of hydrazone groups is 1. The summed E-state index contributed by atoms with van der Waals surface area (Å²) in [4.78, 5) is 8.23. The van der Waals surface area contributed by atoms with Crippen LogP contribution in [0.4, 0.5) is 23.2 Å². The molecule has 0 saturated heterocycles. The first-order valence-corrected chi connectivity index (χ1v) is 10.7. The minimum absolute atomic E-state index is 0.00492. The lowest BCUT2D eigenvalue weighted by Gasteiger charge is -2.22. The van der Waals surface area contributed by atoms with Crippen LogP contribution in [-0.4, -0.2) is 43.1 Å². The lowest BCUT2D eigenvalue weighted by Crippen LogP contribution is -2.32. The van der Waals surface area contributed by atoms with E-state index in [1.807, 2.05) is 0 Å². The first-order valence-electron chi connectivity index (χ1n) is 8.32. The number of hydrogen-bond donors (Lipinski definition) is 1. The Hall–Kier alpha value is -2.68. The fourth-order valence-corrected chi connectivity index (χ4v) is 4.39. The molecule has 3 heterocycles. The SMILES string of the molecule is CCS(=O)(=O)N(Cc1ncc(C2NN=C(C(F)F)O2)s1)c1cncc(OC(F)F)c1. The van der Waals surface area contributed by atoms with Crippen molar-refractivity contribution in [3.63, 3.8) is 0 Å². The van der Waals surface area contributed by atoms with Gasteiger partial charge < -0.3 is 9.47 Å². The Morgan fingerprint density at radius 2 is 2.07 bits per heavy atom. The topological polar surface area (TPSA) is 106 Å². The molecule has 0 aliphatic carbocycles. The second kappa shape index (κ2) is 8.99. The highest BCUT2D eigenvalue weighted by atomic mass is 32.2. The Morgan fingerprint density at radius 3 is 2.70 bits per heavy atom. The molecule has 0 aromatic carbocycles. The summed E-state index contributed by atoms with van der Waals surface area (Å²) in [6.07, 6.45) is -0.300. The van der Waals surface area contributed by atoms with Gasteiger partial charge in [-0.25, -0.2) is 13.4 Å². The standard InChI is InChI=1S/C15H15F4N5O4S2/c1-2-30(25,26)24(8-3-9(5-20-4-8)27-15(18)19)7-11-21-6-10(29-11)13-22-23-14(28-13)12(16)17/h3-6,12-13,15,22H,2,7H2,1H3. The van der Waals surface area contributed by atoms with Crippen LogP contribution in [0.2, 0.25) is 0 Å². The average molecular weight is 469 g/mol. The number of rotatable bonds is 9. The van der Waals surface area contributed by atoms with E-state index in [4.69, 9.17) is 4.74 Å². The Kier molecular flexibility index (Phi) is 6.60. The largest absolute Gasteiger partial charge is 0.445 e. The number of ether oxygens (including phenoxy) is 2. The number of nitrogens with zero attached hydrogens (tertiary/aromatic N) is 4. The molecule has 164 valence electrons. The van der Waals surface area contributed by atoms with E-state index in [1.54, 1.807) is 0 Å². The van der Waals surface area contributed by atoms with Crippen molar-refractivity contribution < 1.29 is 35.5 Å². The maximum atomic E-state index is 12.6. The highest BCUT2D eigenvalue weighted by molar-refractivity contribution is 7.92. The summed E-state index contributed by atoms with van der Waals surface area (Å²) < 4.78 is 85.5. The van der Waals surface area contributed by atoms with E-state index >= 15 is 0 Å². The molecule has 0 saturated carbocycles. The smallest absolute Gasteiger partial charge is 0.387 e. The van der Waals surface area contributed by atoms with E-state index in [1.165, 1.54) is 19.3 Å². The fourth-order valence-electron chi connectivity index (χ4n) is 2.38. The van der Waals surface area contributed by atoms with Crippen LogP contribution >= 0.6 is 11.3 Å². The zero-order valence-corrected chi connectivity index (χ0v) is 16.8. The minimum Gasteiger partial charge on any atom is -0.445 e. The van der Waals surface area contributed by atoms with Gasteiger partial charge >= 0.3 is 13.0 Å². The second-order valence-corrected chi connectivity index (χ2v) is 9.03. The van der Waals surface area contributed by atoms with Gasteiger partial charge in [-0.15, -0.1) is 16.4 Å². The van der Waals surface area contributed by atoms with E-state index < -0.39 is 35.2 Å². The third kappa shape index (κ3) is 5.08. The van der Waals surface area contributed by atoms with Crippen LogP contribution in [0.15, 0.2) is 29.8 Å². The number of nitrogens with one attached hydrogen (secondary N) is 1. The van der Waals surface area contributed by atoms with Gasteiger partial charge in [0, 0.05) is 12.3 Å². The molecular formula is C15H15F4N5O4S2. The molecule has 0 bridgehead atoms. The molecule has 1 aliphatic rings. The van der Waals surface area contributed by atoms with E-state index in [0.717, 1.165) is 27.9 Å². The van der Waals surface area contributed by atoms with Crippen molar-refractivity contribution >= 4 is 32.9 Å². The Labute approximate surface area is 172 Å². The fraction of sp³-hybridized carbons (Fsp3) is 0.400. The normalized spacial score (nSPS) is 16.4. The van der Waals surface area contributed by atoms with Crippen LogP contribution in [0.1, 0.15) is 23.0 Å². The number of anilines is 1. The maximum Gasteiger partial charge on any atom is 0.387 e. The highest BCUT2D eigenvalue weighted by Gasteiger charge is 2.30. The maximum absolute atomic E-state index is 12.6. The van der Waals surface area contributed by atoms with Crippen molar-refractivity contribution in [2.75, 3.05) is 10.1 Å². The summed E-state index contributed by atoms with van der Waals surface area (Å²) in [5.74, 6) is -1.34. The van der Waals surface area contributed by atoms with Crippen LogP contribution in [0.5, 0.6) is 5.75 Å². The van der Waals surface area contributed by atoms with E-state index in [9.17, 15) is 26.0 Å². The second-order valence-electron chi connectivity index (χ2n) is 5.70. The zero-order valence-electron chi connectivity index (χ0n) is 15.2. The Morgan fingerprint density at radius 1 is 1.30 bits per heavy atom. The number of aromatic nitrogens is 2. The summed E-state index contributed by atoms with van der Waals surface area (Å²) in [7, 11) is -3.84. The van der Waals surface area contributed by atoms with Crippen molar-refractivity contribution in [3.05, 3.63) is 34.5 Å². The van der Waals surface area contributed by atoms with Gasteiger partial charge in [-0.3, -0.25) is 14.7 Å². The third-order valence-corrected chi connectivity index (χ3v) is 6.50. The number of sulfonamides is 1. The lowest BCUT2D eigenvalue weighted by atomic mass is 10.4. The van der Waals surface area contributed by atoms with E-state index in [2.05, 4.69) is 25.2 Å². The van der Waals surface area contributed by atoms with Crippen LogP contribution in [0, 0.1) is 0 Å². The minimum atomic E-state index is -3.84. The molecule has 0 fully saturated rings. The molecule has 30 heavy (non-hydrogen) atoms. The number of halogens is 4. The predicted molar refractivity (Wildman–Crippen MR) is 99.0 cm³/mol.